The molecule has 2 aromatic rings. The fourth-order valence-electron chi connectivity index (χ4n) is 2.77. The Balaban J connectivity index is 1.64. The lowest BCUT2D eigenvalue weighted by molar-refractivity contribution is -0.118. The molecule has 1 aliphatic heterocycles. The van der Waals surface area contributed by atoms with Crippen LogP contribution in [0.4, 0.5) is 16.2 Å². The summed E-state index contributed by atoms with van der Waals surface area (Å²) < 4.78 is 5.19. The second kappa shape index (κ2) is 7.44. The van der Waals surface area contributed by atoms with Gasteiger partial charge in [-0.25, -0.2) is 4.79 Å². The summed E-state index contributed by atoms with van der Waals surface area (Å²) in [4.78, 5) is 26.4. The van der Waals surface area contributed by atoms with Crippen LogP contribution in [0, 0.1) is 0 Å². The van der Waals surface area contributed by atoms with Gasteiger partial charge in [0, 0.05) is 17.3 Å². The fourth-order valence-corrected chi connectivity index (χ4v) is 2.94. The Kier molecular flexibility index (Phi) is 5.09. The minimum atomic E-state index is -0.564. The van der Waals surface area contributed by atoms with Gasteiger partial charge in [0.15, 0.2) is 0 Å². The van der Waals surface area contributed by atoms with E-state index in [-0.39, 0.29) is 5.91 Å². The number of carbonyl (C=O) groups is 2. The predicted octanol–water partition coefficient (Wildman–Crippen LogP) is 3.28. The highest BCUT2D eigenvalue weighted by Crippen LogP contribution is 2.27. The van der Waals surface area contributed by atoms with E-state index in [2.05, 4.69) is 10.6 Å². The van der Waals surface area contributed by atoms with Gasteiger partial charge in [0.25, 0.3) is 0 Å². The number of amides is 3. The maximum atomic E-state index is 12.5. The first kappa shape index (κ1) is 17.1. The van der Waals surface area contributed by atoms with Gasteiger partial charge in [0.2, 0.25) is 5.91 Å². The predicted molar refractivity (Wildman–Crippen MR) is 97.4 cm³/mol. The second-order valence-electron chi connectivity index (χ2n) is 5.61. The van der Waals surface area contributed by atoms with Crippen molar-refractivity contribution >= 4 is 34.9 Å². The lowest BCUT2D eigenvalue weighted by Crippen LogP contribution is -2.43. The van der Waals surface area contributed by atoms with Gasteiger partial charge >= 0.3 is 6.03 Å². The Bertz CT molecular complexity index is 782. The van der Waals surface area contributed by atoms with Crippen LogP contribution < -0.4 is 20.3 Å². The Morgan fingerprint density at radius 3 is 2.72 bits per heavy atom. The van der Waals surface area contributed by atoms with Crippen molar-refractivity contribution in [3.63, 3.8) is 0 Å². The number of methoxy groups -OCH3 is 1. The summed E-state index contributed by atoms with van der Waals surface area (Å²) in [7, 11) is 1.50. The second-order valence-corrected chi connectivity index (χ2v) is 6.05. The fraction of sp³-hybridized carbons (Fsp3) is 0.222. The van der Waals surface area contributed by atoms with Crippen LogP contribution in [0.2, 0.25) is 5.02 Å². The largest absolute Gasteiger partial charge is 0.495 e. The molecule has 1 heterocycles. The van der Waals surface area contributed by atoms with Crippen molar-refractivity contribution in [3.8, 4) is 5.75 Å². The van der Waals surface area contributed by atoms with E-state index in [1.807, 2.05) is 30.3 Å². The van der Waals surface area contributed by atoms with Crippen molar-refractivity contribution in [2.75, 3.05) is 23.9 Å². The molecule has 0 aliphatic carbocycles. The van der Waals surface area contributed by atoms with Crippen LogP contribution >= 0.6 is 11.6 Å². The molecule has 0 saturated carbocycles. The molecule has 1 unspecified atom stereocenters. The van der Waals surface area contributed by atoms with Crippen molar-refractivity contribution < 1.29 is 14.3 Å². The van der Waals surface area contributed by atoms with E-state index < -0.39 is 12.1 Å². The van der Waals surface area contributed by atoms with E-state index in [9.17, 15) is 9.59 Å². The molecule has 1 saturated heterocycles. The molecule has 0 radical (unpaired) electrons. The van der Waals surface area contributed by atoms with Gasteiger partial charge in [-0.1, -0.05) is 29.8 Å². The van der Waals surface area contributed by atoms with Crippen molar-refractivity contribution in [2.24, 2.45) is 0 Å². The number of nitrogens with zero attached hydrogens (tertiary/aromatic N) is 1. The molecule has 0 bridgehead atoms. The molecular weight excluding hydrogens is 342 g/mol. The Morgan fingerprint density at radius 2 is 2.00 bits per heavy atom. The number of halogens is 1. The Hall–Kier alpha value is -2.73. The minimum absolute atomic E-state index is 0.126. The summed E-state index contributed by atoms with van der Waals surface area (Å²) in [6.07, 6.45) is 0.549. The van der Waals surface area contributed by atoms with Gasteiger partial charge < -0.3 is 20.3 Å². The molecule has 3 rings (SSSR count). The topological polar surface area (TPSA) is 70.7 Å². The molecule has 7 heteroatoms. The van der Waals surface area contributed by atoms with E-state index in [0.717, 1.165) is 5.69 Å². The summed E-state index contributed by atoms with van der Waals surface area (Å²) in [6, 6.07) is 13.3. The molecule has 0 aromatic heterocycles. The molecule has 6 nitrogen and oxygen atoms in total. The van der Waals surface area contributed by atoms with Crippen LogP contribution in [0.5, 0.6) is 5.75 Å². The minimum Gasteiger partial charge on any atom is -0.495 e. The van der Waals surface area contributed by atoms with Crippen LogP contribution in [0.15, 0.2) is 48.5 Å². The molecule has 1 atom stereocenters. The smallest absolute Gasteiger partial charge is 0.319 e. The van der Waals surface area contributed by atoms with Gasteiger partial charge in [0.1, 0.15) is 11.8 Å². The van der Waals surface area contributed by atoms with Crippen LogP contribution in [0.25, 0.3) is 0 Å². The quantitative estimate of drug-likeness (QED) is 0.880. The highest BCUT2D eigenvalue weighted by atomic mass is 35.5. The number of nitrogens with one attached hydrogen (secondary N) is 2. The average Bonchev–Trinajstić information content (AvgIpc) is 2.96. The molecule has 130 valence electrons. The normalized spacial score (nSPS) is 16.6. The molecule has 1 fully saturated rings. The van der Waals surface area contributed by atoms with Crippen LogP contribution in [0.1, 0.15) is 6.42 Å². The number of para-hydroxylation sites is 1. The van der Waals surface area contributed by atoms with E-state index in [1.54, 1.807) is 23.1 Å². The monoisotopic (exact) mass is 359 g/mol. The summed E-state index contributed by atoms with van der Waals surface area (Å²) in [5.74, 6) is 0.364. The lowest BCUT2D eigenvalue weighted by atomic mass is 10.2. The zero-order chi connectivity index (χ0) is 17.8. The van der Waals surface area contributed by atoms with Gasteiger partial charge in [-0.3, -0.25) is 4.79 Å². The number of ether oxygens (including phenoxy) is 1. The Morgan fingerprint density at radius 1 is 1.24 bits per heavy atom. The molecule has 0 spiro atoms. The van der Waals surface area contributed by atoms with Crippen molar-refractivity contribution in [1.29, 1.82) is 0 Å². The highest BCUT2D eigenvalue weighted by molar-refractivity contribution is 6.31. The third-order valence-corrected chi connectivity index (χ3v) is 4.22. The molecule has 3 amide bonds. The van der Waals surface area contributed by atoms with E-state index in [0.29, 0.717) is 29.4 Å². The number of benzene rings is 2. The van der Waals surface area contributed by atoms with Gasteiger partial charge in [-0.05, 0) is 36.8 Å². The first-order valence-electron chi connectivity index (χ1n) is 7.86. The number of urea groups is 1. The maximum absolute atomic E-state index is 12.5. The van der Waals surface area contributed by atoms with Crippen molar-refractivity contribution in [2.45, 2.75) is 12.5 Å². The van der Waals surface area contributed by atoms with Crippen LogP contribution in [-0.2, 0) is 4.79 Å². The maximum Gasteiger partial charge on any atom is 0.319 e. The van der Waals surface area contributed by atoms with E-state index in [1.165, 1.54) is 7.11 Å². The summed E-state index contributed by atoms with van der Waals surface area (Å²) in [6.45, 7) is 0.564. The third kappa shape index (κ3) is 3.85. The van der Waals surface area contributed by atoms with E-state index in [4.69, 9.17) is 16.3 Å². The van der Waals surface area contributed by atoms with Crippen molar-refractivity contribution in [3.05, 3.63) is 53.6 Å². The van der Waals surface area contributed by atoms with Gasteiger partial charge in [0.05, 0.1) is 12.8 Å². The summed E-state index contributed by atoms with van der Waals surface area (Å²) >= 11 is 5.95. The molecule has 25 heavy (non-hydrogen) atoms. The number of hydrogen-bond donors (Lipinski definition) is 2. The van der Waals surface area contributed by atoms with Crippen molar-refractivity contribution in [1.82, 2.24) is 5.32 Å². The van der Waals surface area contributed by atoms with E-state index >= 15 is 0 Å². The molecule has 2 aromatic carbocycles. The number of rotatable bonds is 4. The standard InChI is InChI=1S/C18H18ClN3O3/c1-25-16-8-7-12(19)11-15(16)21-18(24)20-14-9-10-22(17(14)23)13-5-3-2-4-6-13/h2-8,11,14H,9-10H2,1H3,(H2,20,21,24). The SMILES string of the molecule is COc1ccc(Cl)cc1NC(=O)NC1CCN(c2ccccc2)C1=O. The number of carbonyl (C=O) groups excluding carboxylic acids is 2. The molecular formula is C18H18ClN3O3. The molecule has 1 aliphatic rings. The first-order valence-corrected chi connectivity index (χ1v) is 8.24. The van der Waals surface area contributed by atoms with Crippen LogP contribution in [-0.4, -0.2) is 31.6 Å². The zero-order valence-corrected chi connectivity index (χ0v) is 14.4. The summed E-state index contributed by atoms with van der Waals surface area (Å²) in [5.41, 5.74) is 1.27. The summed E-state index contributed by atoms with van der Waals surface area (Å²) in [5, 5.41) is 5.86. The average molecular weight is 360 g/mol. The highest BCUT2D eigenvalue weighted by Gasteiger charge is 2.33. The van der Waals surface area contributed by atoms with Gasteiger partial charge in [-0.15, -0.1) is 0 Å². The number of anilines is 2. The molecule has 2 N–H and O–H groups in total. The lowest BCUT2D eigenvalue weighted by Gasteiger charge is -2.17. The van der Waals surface area contributed by atoms with Crippen LogP contribution in [0.3, 0.4) is 0 Å². The Labute approximate surface area is 150 Å². The number of hydrogen-bond acceptors (Lipinski definition) is 3. The third-order valence-electron chi connectivity index (χ3n) is 3.99. The zero-order valence-electron chi connectivity index (χ0n) is 13.7. The van der Waals surface area contributed by atoms with Gasteiger partial charge in [-0.2, -0.15) is 0 Å². The first-order chi connectivity index (χ1) is 12.1.